The molecule has 0 spiro atoms. The largest absolute Gasteiger partial charge is 0.481 e. The molecular weight excluding hydrogens is 238 g/mol. The minimum Gasteiger partial charge on any atom is -0.481 e. The lowest BCUT2D eigenvalue weighted by Crippen LogP contribution is -2.26. The van der Waals surface area contributed by atoms with E-state index in [2.05, 4.69) is 5.32 Å². The second kappa shape index (κ2) is 4.22. The van der Waals surface area contributed by atoms with E-state index in [0.29, 0.717) is 11.4 Å². The van der Waals surface area contributed by atoms with Gasteiger partial charge in [0.1, 0.15) is 0 Å². The maximum Gasteiger partial charge on any atom is 0.309 e. The quantitative estimate of drug-likeness (QED) is 0.869. The van der Waals surface area contributed by atoms with Gasteiger partial charge in [0.05, 0.1) is 5.41 Å². The van der Waals surface area contributed by atoms with Crippen molar-refractivity contribution >= 4 is 23.3 Å². The molecule has 2 rings (SSSR count). The standard InChI is InChI=1S/C13H16ClNO2/c1-13(2,12(16)17)6-8-7-15-11-4-3-9(14)5-10(8)11/h3-5,8,15H,6-7H2,1-2H3,(H,16,17). The number of benzene rings is 1. The molecule has 0 aliphatic carbocycles. The van der Waals surface area contributed by atoms with Crippen LogP contribution in [-0.4, -0.2) is 17.6 Å². The Labute approximate surface area is 106 Å². The maximum absolute atomic E-state index is 11.1. The molecule has 0 amide bonds. The molecule has 0 saturated carbocycles. The van der Waals surface area contributed by atoms with Crippen LogP contribution >= 0.6 is 11.6 Å². The van der Waals surface area contributed by atoms with E-state index in [1.807, 2.05) is 18.2 Å². The number of hydrogen-bond acceptors (Lipinski definition) is 2. The van der Waals surface area contributed by atoms with Crippen molar-refractivity contribution in [1.82, 2.24) is 0 Å². The average Bonchev–Trinajstić information content (AvgIpc) is 2.60. The Morgan fingerprint density at radius 3 is 2.94 bits per heavy atom. The predicted octanol–water partition coefficient (Wildman–Crippen LogP) is 3.35. The highest BCUT2D eigenvalue weighted by Gasteiger charge is 2.34. The van der Waals surface area contributed by atoms with E-state index >= 15 is 0 Å². The van der Waals surface area contributed by atoms with Crippen molar-refractivity contribution in [2.24, 2.45) is 5.41 Å². The lowest BCUT2D eigenvalue weighted by molar-refractivity contribution is -0.147. The summed E-state index contributed by atoms with van der Waals surface area (Å²) in [6, 6.07) is 5.73. The summed E-state index contributed by atoms with van der Waals surface area (Å²) < 4.78 is 0. The van der Waals surface area contributed by atoms with Crippen LogP contribution in [0.3, 0.4) is 0 Å². The Kier molecular flexibility index (Phi) is 3.04. The van der Waals surface area contributed by atoms with Gasteiger partial charge in [-0.2, -0.15) is 0 Å². The van der Waals surface area contributed by atoms with Crippen molar-refractivity contribution in [3.05, 3.63) is 28.8 Å². The number of halogens is 1. The number of nitrogens with one attached hydrogen (secondary N) is 1. The molecule has 0 fully saturated rings. The monoisotopic (exact) mass is 253 g/mol. The summed E-state index contributed by atoms with van der Waals surface area (Å²) >= 11 is 5.98. The zero-order valence-corrected chi connectivity index (χ0v) is 10.7. The molecule has 1 aliphatic rings. The lowest BCUT2D eigenvalue weighted by Gasteiger charge is -2.23. The van der Waals surface area contributed by atoms with E-state index in [-0.39, 0.29) is 5.92 Å². The average molecular weight is 254 g/mol. The molecule has 92 valence electrons. The van der Waals surface area contributed by atoms with Crippen LogP contribution in [0.5, 0.6) is 0 Å². The highest BCUT2D eigenvalue weighted by molar-refractivity contribution is 6.30. The lowest BCUT2D eigenvalue weighted by atomic mass is 9.81. The van der Waals surface area contributed by atoms with Crippen molar-refractivity contribution < 1.29 is 9.90 Å². The molecule has 1 atom stereocenters. The van der Waals surface area contributed by atoms with Crippen molar-refractivity contribution in [2.75, 3.05) is 11.9 Å². The smallest absolute Gasteiger partial charge is 0.309 e. The van der Waals surface area contributed by atoms with Gasteiger partial charge in [0, 0.05) is 23.2 Å². The van der Waals surface area contributed by atoms with E-state index < -0.39 is 11.4 Å². The summed E-state index contributed by atoms with van der Waals surface area (Å²) in [5.41, 5.74) is 1.49. The Balaban J connectivity index is 2.23. The summed E-state index contributed by atoms with van der Waals surface area (Å²) in [7, 11) is 0. The van der Waals surface area contributed by atoms with Gasteiger partial charge in [-0.15, -0.1) is 0 Å². The van der Waals surface area contributed by atoms with Gasteiger partial charge in [-0.05, 0) is 44.0 Å². The van der Waals surface area contributed by atoms with Gasteiger partial charge in [0.2, 0.25) is 0 Å². The topological polar surface area (TPSA) is 49.3 Å². The Hall–Kier alpha value is -1.22. The number of rotatable bonds is 3. The molecule has 2 N–H and O–H groups in total. The predicted molar refractivity (Wildman–Crippen MR) is 68.7 cm³/mol. The minimum absolute atomic E-state index is 0.217. The third-order valence-corrected chi connectivity index (χ3v) is 3.56. The molecule has 4 heteroatoms. The zero-order valence-electron chi connectivity index (χ0n) is 9.96. The van der Waals surface area contributed by atoms with E-state index in [4.69, 9.17) is 16.7 Å². The van der Waals surface area contributed by atoms with Crippen LogP contribution < -0.4 is 5.32 Å². The van der Waals surface area contributed by atoms with Crippen molar-refractivity contribution in [2.45, 2.75) is 26.2 Å². The van der Waals surface area contributed by atoms with Crippen LogP contribution in [0.25, 0.3) is 0 Å². The van der Waals surface area contributed by atoms with Crippen LogP contribution in [-0.2, 0) is 4.79 Å². The van der Waals surface area contributed by atoms with Crippen LogP contribution in [0, 0.1) is 5.41 Å². The van der Waals surface area contributed by atoms with E-state index in [1.54, 1.807) is 13.8 Å². The number of fused-ring (bicyclic) bond motifs is 1. The van der Waals surface area contributed by atoms with Crippen molar-refractivity contribution in [1.29, 1.82) is 0 Å². The fourth-order valence-corrected chi connectivity index (χ4v) is 2.44. The van der Waals surface area contributed by atoms with Gasteiger partial charge in [-0.25, -0.2) is 0 Å². The van der Waals surface area contributed by atoms with Crippen LogP contribution in [0.2, 0.25) is 5.02 Å². The Morgan fingerprint density at radius 1 is 1.59 bits per heavy atom. The molecule has 0 saturated heterocycles. The van der Waals surface area contributed by atoms with Gasteiger partial charge < -0.3 is 10.4 Å². The number of hydrogen-bond donors (Lipinski definition) is 2. The third-order valence-electron chi connectivity index (χ3n) is 3.33. The first-order valence-electron chi connectivity index (χ1n) is 5.67. The molecule has 1 aliphatic heterocycles. The summed E-state index contributed by atoms with van der Waals surface area (Å²) in [6.45, 7) is 4.31. The third kappa shape index (κ3) is 2.39. The Morgan fingerprint density at radius 2 is 2.29 bits per heavy atom. The van der Waals surface area contributed by atoms with E-state index in [1.165, 1.54) is 0 Å². The van der Waals surface area contributed by atoms with Gasteiger partial charge in [-0.3, -0.25) is 4.79 Å². The SMILES string of the molecule is CC(C)(CC1CNc2ccc(Cl)cc21)C(=O)O. The molecule has 1 heterocycles. The number of carboxylic acid groups (broad SMARTS) is 1. The van der Waals surface area contributed by atoms with Gasteiger partial charge in [0.15, 0.2) is 0 Å². The molecule has 0 aromatic heterocycles. The van der Waals surface area contributed by atoms with E-state index in [0.717, 1.165) is 17.8 Å². The zero-order chi connectivity index (χ0) is 12.6. The first kappa shape index (κ1) is 12.2. The van der Waals surface area contributed by atoms with E-state index in [9.17, 15) is 4.79 Å². The summed E-state index contributed by atoms with van der Waals surface area (Å²) in [5, 5.41) is 13.1. The Bertz CT molecular complexity index is 457. The fraction of sp³-hybridized carbons (Fsp3) is 0.462. The second-order valence-corrected chi connectivity index (χ2v) is 5.64. The summed E-state index contributed by atoms with van der Waals surface area (Å²) in [4.78, 5) is 11.1. The summed E-state index contributed by atoms with van der Waals surface area (Å²) in [6.07, 6.45) is 0.614. The van der Waals surface area contributed by atoms with Crippen LogP contribution in [0.4, 0.5) is 5.69 Å². The van der Waals surface area contributed by atoms with Gasteiger partial charge in [0.25, 0.3) is 0 Å². The van der Waals surface area contributed by atoms with Gasteiger partial charge >= 0.3 is 5.97 Å². The number of carboxylic acids is 1. The molecule has 1 aromatic rings. The molecule has 17 heavy (non-hydrogen) atoms. The highest BCUT2D eigenvalue weighted by atomic mass is 35.5. The molecule has 1 aromatic carbocycles. The number of aliphatic carboxylic acids is 1. The molecular formula is C13H16ClNO2. The minimum atomic E-state index is -0.757. The van der Waals surface area contributed by atoms with Gasteiger partial charge in [-0.1, -0.05) is 11.6 Å². The van der Waals surface area contributed by atoms with Crippen LogP contribution in [0.15, 0.2) is 18.2 Å². The van der Waals surface area contributed by atoms with Crippen molar-refractivity contribution in [3.63, 3.8) is 0 Å². The maximum atomic E-state index is 11.1. The summed E-state index contributed by atoms with van der Waals surface area (Å²) in [5.74, 6) is -0.539. The molecule has 0 bridgehead atoms. The first-order valence-corrected chi connectivity index (χ1v) is 6.04. The first-order chi connectivity index (χ1) is 7.90. The second-order valence-electron chi connectivity index (χ2n) is 5.20. The molecule has 3 nitrogen and oxygen atoms in total. The fourth-order valence-electron chi connectivity index (χ4n) is 2.26. The molecule has 0 radical (unpaired) electrons. The molecule has 1 unspecified atom stereocenters. The normalized spacial score (nSPS) is 18.6. The van der Waals surface area contributed by atoms with Crippen molar-refractivity contribution in [3.8, 4) is 0 Å². The highest BCUT2D eigenvalue weighted by Crippen LogP contribution is 2.40. The number of anilines is 1. The van der Waals surface area contributed by atoms with Crippen LogP contribution in [0.1, 0.15) is 31.7 Å². The number of carbonyl (C=O) groups is 1.